The first-order chi connectivity index (χ1) is 18.0. The van der Waals surface area contributed by atoms with Gasteiger partial charge in [-0.05, 0) is 36.4 Å². The Balaban J connectivity index is 0. The topological polar surface area (TPSA) is 358 Å². The van der Waals surface area contributed by atoms with E-state index in [2.05, 4.69) is 15.0 Å². The van der Waals surface area contributed by atoms with E-state index in [-0.39, 0.29) is 88.3 Å². The molecule has 0 aromatic carbocycles. The van der Waals surface area contributed by atoms with Crippen LogP contribution in [0.5, 0.6) is 0 Å². The maximum absolute atomic E-state index is 10.3. The molecule has 0 atom stereocenters. The van der Waals surface area contributed by atoms with Crippen LogP contribution in [0.2, 0.25) is 0 Å². The zero-order chi connectivity index (χ0) is 30.0. The van der Waals surface area contributed by atoms with Gasteiger partial charge in [0.1, 0.15) is 0 Å². The molecule has 41 heavy (non-hydrogen) atoms. The standard InChI is InChI=1S/3C7H6N2O4.2La/c3*8-3-1-4(6(10)11)9-5(2-3)7(12)13;;/h3*1-2H,(H2,8,9)(H,10,11)(H,12,13);;/q;;;2*+3/p-6. The van der Waals surface area contributed by atoms with E-state index >= 15 is 0 Å². The average Bonchev–Trinajstić information content (AvgIpc) is 2.83. The summed E-state index contributed by atoms with van der Waals surface area (Å²) in [6.45, 7) is 0. The van der Waals surface area contributed by atoms with Gasteiger partial charge in [0.05, 0.1) is 70.0 Å². The van der Waals surface area contributed by atoms with Gasteiger partial charge in [-0.25, -0.2) is 15.0 Å². The summed E-state index contributed by atoms with van der Waals surface area (Å²) in [5, 5.41) is 61.7. The van der Waals surface area contributed by atoms with Gasteiger partial charge in [0.25, 0.3) is 0 Å². The normalized spacial score (nSPS) is 9.07. The molecule has 0 spiro atoms. The van der Waals surface area contributed by atoms with Crippen LogP contribution in [0.15, 0.2) is 36.4 Å². The summed E-state index contributed by atoms with van der Waals surface area (Å²) >= 11 is 0. The summed E-state index contributed by atoms with van der Waals surface area (Å²) < 4.78 is 0. The van der Waals surface area contributed by atoms with Crippen LogP contribution in [0.25, 0.3) is 0 Å². The molecule has 3 heterocycles. The van der Waals surface area contributed by atoms with Gasteiger partial charge in [0.15, 0.2) is 0 Å². The zero-order valence-corrected chi connectivity index (χ0v) is 27.3. The summed E-state index contributed by atoms with van der Waals surface area (Å²) in [4.78, 5) is 71.4. The van der Waals surface area contributed by atoms with Crippen LogP contribution in [0.4, 0.5) is 17.1 Å². The van der Waals surface area contributed by atoms with E-state index in [9.17, 15) is 59.4 Å². The molecular weight excluding hydrogens is 806 g/mol. The number of carboxylic acids is 6. The van der Waals surface area contributed by atoms with Crippen LogP contribution in [-0.4, -0.2) is 50.8 Å². The Hall–Kier alpha value is -3.94. The molecule has 0 aliphatic carbocycles. The number of aromatic carboxylic acids is 6. The van der Waals surface area contributed by atoms with E-state index in [1.807, 2.05) is 0 Å². The van der Waals surface area contributed by atoms with Crippen LogP contribution in [-0.2, 0) is 0 Å². The number of carboxylic acid groups (broad SMARTS) is 6. The molecule has 18 nitrogen and oxygen atoms in total. The molecule has 0 fully saturated rings. The minimum Gasteiger partial charge on any atom is -0.543 e. The molecule has 0 radical (unpaired) electrons. The Bertz CT molecular complexity index is 1210. The minimum absolute atomic E-state index is 0. The van der Waals surface area contributed by atoms with E-state index in [1.165, 1.54) is 0 Å². The van der Waals surface area contributed by atoms with E-state index in [0.29, 0.717) is 0 Å². The fourth-order valence-electron chi connectivity index (χ4n) is 2.28. The summed E-state index contributed by atoms with van der Waals surface area (Å²) in [6.07, 6.45) is 0. The third kappa shape index (κ3) is 13.3. The summed E-state index contributed by atoms with van der Waals surface area (Å²) in [6, 6.07) is 6.01. The van der Waals surface area contributed by atoms with Crippen molar-refractivity contribution in [3.05, 3.63) is 70.6 Å². The van der Waals surface area contributed by atoms with Crippen molar-refractivity contribution in [2.75, 3.05) is 17.2 Å². The van der Waals surface area contributed by atoms with Crippen molar-refractivity contribution in [3.63, 3.8) is 0 Å². The number of anilines is 3. The quantitative estimate of drug-likeness (QED) is 0.208. The molecule has 0 aliphatic heterocycles. The van der Waals surface area contributed by atoms with Crippen molar-refractivity contribution in [1.29, 1.82) is 0 Å². The number of aromatic nitrogens is 3. The number of carbonyl (C=O) groups excluding carboxylic acids is 6. The number of nitrogens with two attached hydrogens (primary N) is 3. The Labute approximate surface area is 283 Å². The van der Waals surface area contributed by atoms with Crippen LogP contribution in [0.1, 0.15) is 62.9 Å². The molecule has 0 bridgehead atoms. The number of carbonyl (C=O) groups is 6. The smallest absolute Gasteiger partial charge is 0.543 e. The molecule has 3 rings (SSSR count). The molecule has 6 N–H and O–H groups in total. The van der Waals surface area contributed by atoms with E-state index in [4.69, 9.17) is 17.2 Å². The summed E-state index contributed by atoms with van der Waals surface area (Å²) in [5.41, 5.74) is 12.4. The third-order valence-electron chi connectivity index (χ3n) is 3.80. The number of hydrogen-bond acceptors (Lipinski definition) is 18. The number of hydrogen-bond donors (Lipinski definition) is 3. The van der Waals surface area contributed by atoms with Crippen molar-refractivity contribution in [2.45, 2.75) is 0 Å². The van der Waals surface area contributed by atoms with Gasteiger partial charge >= 0.3 is 71.2 Å². The zero-order valence-electron chi connectivity index (χ0n) is 20.1. The molecule has 20 heteroatoms. The van der Waals surface area contributed by atoms with Gasteiger partial charge in [0, 0.05) is 17.1 Å². The molecule has 0 aliphatic rings. The number of nitrogen functional groups attached to an aromatic ring is 3. The Kier molecular flexibility index (Phi) is 16.9. The van der Waals surface area contributed by atoms with Crippen molar-refractivity contribution in [3.8, 4) is 0 Å². The van der Waals surface area contributed by atoms with Gasteiger partial charge in [-0.1, -0.05) is 0 Å². The van der Waals surface area contributed by atoms with Gasteiger partial charge in [-0.2, -0.15) is 0 Å². The Morgan fingerprint density at radius 3 is 0.610 bits per heavy atom. The van der Waals surface area contributed by atoms with Gasteiger partial charge in [-0.15, -0.1) is 0 Å². The predicted molar refractivity (Wildman–Crippen MR) is 112 cm³/mol. The fourth-order valence-corrected chi connectivity index (χ4v) is 2.28. The maximum Gasteiger partial charge on any atom is 3.00 e. The molecule has 3 aromatic heterocycles. The number of nitrogens with zero attached hydrogens (tertiary/aromatic N) is 3. The van der Waals surface area contributed by atoms with Crippen LogP contribution < -0.4 is 47.8 Å². The summed E-state index contributed by atoms with van der Waals surface area (Å²) in [5.74, 6) is -9.53. The van der Waals surface area contributed by atoms with Crippen LogP contribution >= 0.6 is 0 Å². The summed E-state index contributed by atoms with van der Waals surface area (Å²) in [7, 11) is 0. The SMILES string of the molecule is Nc1cc(C(=O)[O-])nc(C(=O)[O-])c1.Nc1cc(C(=O)[O-])nc(C(=O)[O-])c1.Nc1cc(C(=O)[O-])nc(C(=O)[O-])c1.[La+3].[La+3]. The molecule has 0 saturated heterocycles. The first kappa shape index (κ1) is 39.2. The minimum atomic E-state index is -1.59. The maximum atomic E-state index is 10.3. The van der Waals surface area contributed by atoms with Crippen LogP contribution in [0, 0.1) is 71.2 Å². The van der Waals surface area contributed by atoms with E-state index in [0.717, 1.165) is 36.4 Å². The number of pyridine rings is 3. The van der Waals surface area contributed by atoms with Crippen molar-refractivity contribution in [2.24, 2.45) is 0 Å². The molecule has 0 amide bonds. The average molecular weight is 818 g/mol. The predicted octanol–water partition coefficient (Wildman–Crippen LogP) is -7.83. The second-order valence-electron chi connectivity index (χ2n) is 6.74. The fraction of sp³-hybridized carbons (Fsp3) is 0. The van der Waals surface area contributed by atoms with Crippen LogP contribution in [0.3, 0.4) is 0 Å². The molecule has 0 saturated carbocycles. The first-order valence-electron chi connectivity index (χ1n) is 9.62. The van der Waals surface area contributed by atoms with Crippen molar-refractivity contribution < 1.29 is 131 Å². The van der Waals surface area contributed by atoms with Crippen molar-refractivity contribution in [1.82, 2.24) is 15.0 Å². The molecular formula is C21H12La2N6O12. The van der Waals surface area contributed by atoms with Gasteiger partial charge < -0.3 is 76.6 Å². The second kappa shape index (κ2) is 17.7. The molecule has 0 unspecified atom stereocenters. The van der Waals surface area contributed by atoms with Gasteiger partial charge in [0.2, 0.25) is 0 Å². The Morgan fingerprint density at radius 2 is 0.512 bits per heavy atom. The van der Waals surface area contributed by atoms with Gasteiger partial charge in [-0.3, -0.25) is 0 Å². The third-order valence-corrected chi connectivity index (χ3v) is 3.80. The monoisotopic (exact) mass is 818 g/mol. The largest absolute Gasteiger partial charge is 3.00 e. The first-order valence-corrected chi connectivity index (χ1v) is 9.62. The molecule has 204 valence electrons. The number of rotatable bonds is 6. The van der Waals surface area contributed by atoms with E-state index in [1.54, 1.807) is 0 Å². The molecule has 3 aromatic rings. The van der Waals surface area contributed by atoms with Crippen molar-refractivity contribution >= 4 is 52.9 Å². The Morgan fingerprint density at radius 1 is 0.390 bits per heavy atom. The van der Waals surface area contributed by atoms with E-state index < -0.39 is 70.0 Å². The second-order valence-corrected chi connectivity index (χ2v) is 6.74.